The summed E-state index contributed by atoms with van der Waals surface area (Å²) in [6.45, 7) is 0. The number of rotatable bonds is 1. The van der Waals surface area contributed by atoms with Gasteiger partial charge in [-0.25, -0.2) is 8.42 Å². The van der Waals surface area contributed by atoms with Crippen molar-refractivity contribution in [1.82, 2.24) is 0 Å². The van der Waals surface area contributed by atoms with Crippen molar-refractivity contribution in [2.75, 3.05) is 0 Å². The molecule has 0 radical (unpaired) electrons. The van der Waals surface area contributed by atoms with Crippen LogP contribution in [-0.4, -0.2) is 23.2 Å². The molecule has 0 bridgehead atoms. The fourth-order valence-corrected chi connectivity index (χ4v) is 1.29. The maximum Gasteiger partial charge on any atom is 1.00 e. The quantitative estimate of drug-likeness (QED) is 0.294. The molecule has 5 nitrogen and oxygen atoms in total. The third-order valence-electron chi connectivity index (χ3n) is 1.21. The minimum Gasteiger partial charge on any atom is -0.744 e. The number of hydrogen-bond donors (Lipinski definition) is 2. The number of phenols is 2. The molecule has 1 aromatic carbocycles. The van der Waals surface area contributed by atoms with Crippen LogP contribution in [0.15, 0.2) is 23.1 Å². The molecule has 13 heavy (non-hydrogen) atoms. The van der Waals surface area contributed by atoms with Crippen LogP contribution in [0.4, 0.5) is 0 Å². The molecule has 0 aromatic heterocycles. The molecule has 66 valence electrons. The predicted molar refractivity (Wildman–Crippen MR) is 37.7 cm³/mol. The van der Waals surface area contributed by atoms with Crippen LogP contribution in [0.3, 0.4) is 0 Å². The SMILES string of the molecule is O=S(=O)([O-])c1cc(O)ccc1O.[Na+]. The molecule has 1 aromatic rings. The zero-order chi connectivity index (χ0) is 9.35. The van der Waals surface area contributed by atoms with E-state index in [1.54, 1.807) is 0 Å². The largest absolute Gasteiger partial charge is 1.00 e. The smallest absolute Gasteiger partial charge is 0.744 e. The summed E-state index contributed by atoms with van der Waals surface area (Å²) in [4.78, 5) is -0.817. The van der Waals surface area contributed by atoms with Crippen molar-refractivity contribution in [3.8, 4) is 11.5 Å². The molecule has 0 spiro atoms. The van der Waals surface area contributed by atoms with E-state index < -0.39 is 20.8 Å². The van der Waals surface area contributed by atoms with Crippen molar-refractivity contribution in [3.63, 3.8) is 0 Å². The average molecular weight is 212 g/mol. The van der Waals surface area contributed by atoms with Crippen molar-refractivity contribution in [1.29, 1.82) is 0 Å². The summed E-state index contributed by atoms with van der Waals surface area (Å²) in [6.07, 6.45) is 0. The fourth-order valence-electron chi connectivity index (χ4n) is 0.703. The van der Waals surface area contributed by atoms with Gasteiger partial charge < -0.3 is 14.8 Å². The molecule has 1 rings (SSSR count). The van der Waals surface area contributed by atoms with Gasteiger partial charge in [-0.2, -0.15) is 0 Å². The maximum absolute atomic E-state index is 10.4. The van der Waals surface area contributed by atoms with Gasteiger partial charge in [0.05, 0.1) is 4.90 Å². The molecule has 0 aliphatic heterocycles. The minimum absolute atomic E-state index is 0. The minimum atomic E-state index is -4.72. The number of benzene rings is 1. The van der Waals surface area contributed by atoms with Crippen LogP contribution < -0.4 is 29.6 Å². The Bertz CT molecular complexity index is 399. The molecular formula is C6H5NaO5S. The maximum atomic E-state index is 10.4. The molecule has 0 fully saturated rings. The average Bonchev–Trinajstić information content (AvgIpc) is 1.92. The van der Waals surface area contributed by atoms with E-state index >= 15 is 0 Å². The molecule has 0 saturated heterocycles. The zero-order valence-electron chi connectivity index (χ0n) is 6.76. The van der Waals surface area contributed by atoms with Gasteiger partial charge in [0.15, 0.2) is 0 Å². The molecular weight excluding hydrogens is 207 g/mol. The monoisotopic (exact) mass is 212 g/mol. The Hall–Kier alpha value is -0.270. The van der Waals surface area contributed by atoms with Crippen LogP contribution in [0.1, 0.15) is 0 Å². The Kier molecular flexibility index (Phi) is 4.21. The van der Waals surface area contributed by atoms with E-state index in [0.29, 0.717) is 6.07 Å². The zero-order valence-corrected chi connectivity index (χ0v) is 9.58. The van der Waals surface area contributed by atoms with Crippen molar-refractivity contribution < 1.29 is 52.7 Å². The number of hydrogen-bond acceptors (Lipinski definition) is 5. The first-order valence-corrected chi connectivity index (χ1v) is 4.30. The summed E-state index contributed by atoms with van der Waals surface area (Å²) in [5.41, 5.74) is 0. The van der Waals surface area contributed by atoms with Crippen molar-refractivity contribution in [2.24, 2.45) is 0 Å². The van der Waals surface area contributed by atoms with Gasteiger partial charge in [-0.1, -0.05) is 0 Å². The van der Waals surface area contributed by atoms with Gasteiger partial charge in [-0.3, -0.25) is 0 Å². The van der Waals surface area contributed by atoms with Crippen LogP contribution in [0.5, 0.6) is 11.5 Å². The second kappa shape index (κ2) is 4.30. The normalized spacial score (nSPS) is 10.5. The third-order valence-corrected chi connectivity index (χ3v) is 2.08. The van der Waals surface area contributed by atoms with Gasteiger partial charge in [0.25, 0.3) is 0 Å². The van der Waals surface area contributed by atoms with Gasteiger partial charge in [-0.05, 0) is 12.1 Å². The summed E-state index contributed by atoms with van der Waals surface area (Å²) < 4.78 is 31.1. The van der Waals surface area contributed by atoms with Gasteiger partial charge in [0.1, 0.15) is 21.6 Å². The summed E-state index contributed by atoms with van der Waals surface area (Å²) in [5, 5.41) is 17.7. The van der Waals surface area contributed by atoms with Gasteiger partial charge in [0, 0.05) is 6.07 Å². The Balaban J connectivity index is 0.00000144. The first kappa shape index (κ1) is 12.7. The van der Waals surface area contributed by atoms with Crippen molar-refractivity contribution in [2.45, 2.75) is 4.90 Å². The molecule has 0 amide bonds. The molecule has 0 heterocycles. The molecule has 7 heteroatoms. The third kappa shape index (κ3) is 3.17. The van der Waals surface area contributed by atoms with Crippen molar-refractivity contribution in [3.05, 3.63) is 18.2 Å². The second-order valence-electron chi connectivity index (χ2n) is 2.11. The predicted octanol–water partition coefficient (Wildman–Crippen LogP) is -2.99. The fraction of sp³-hybridized carbons (Fsp3) is 0. The summed E-state index contributed by atoms with van der Waals surface area (Å²) in [7, 11) is -4.72. The van der Waals surface area contributed by atoms with Crippen LogP contribution in [-0.2, 0) is 10.1 Å². The topological polar surface area (TPSA) is 97.7 Å². The molecule has 0 aliphatic carbocycles. The Morgan fingerprint density at radius 2 is 1.77 bits per heavy atom. The Morgan fingerprint density at radius 3 is 2.15 bits per heavy atom. The molecule has 0 aliphatic rings. The van der Waals surface area contributed by atoms with E-state index in [-0.39, 0.29) is 35.3 Å². The first-order valence-electron chi connectivity index (χ1n) is 2.89. The van der Waals surface area contributed by atoms with Crippen LogP contribution in [0, 0.1) is 0 Å². The summed E-state index contributed by atoms with van der Waals surface area (Å²) in [5.74, 6) is -1.05. The molecule has 0 unspecified atom stereocenters. The van der Waals surface area contributed by atoms with E-state index in [4.69, 9.17) is 10.2 Å². The number of aromatic hydroxyl groups is 2. The van der Waals surface area contributed by atoms with E-state index in [9.17, 15) is 13.0 Å². The van der Waals surface area contributed by atoms with Gasteiger partial charge >= 0.3 is 29.6 Å². The van der Waals surface area contributed by atoms with E-state index in [1.807, 2.05) is 0 Å². The second-order valence-corrected chi connectivity index (χ2v) is 3.45. The Labute approximate surface area is 97.1 Å². The molecule has 0 atom stereocenters. The number of phenolic OH excluding ortho intramolecular Hbond substituents is 2. The van der Waals surface area contributed by atoms with Crippen LogP contribution in [0.2, 0.25) is 0 Å². The van der Waals surface area contributed by atoms with Gasteiger partial charge in [0.2, 0.25) is 0 Å². The standard InChI is InChI=1S/C6H6O5S.Na/c7-4-1-2-5(8)6(3-4)12(9,10)11;/h1-3,7-8H,(H,9,10,11);/q;+1/p-1. The van der Waals surface area contributed by atoms with E-state index in [1.165, 1.54) is 0 Å². The molecule has 2 N–H and O–H groups in total. The Morgan fingerprint density at radius 1 is 1.23 bits per heavy atom. The van der Waals surface area contributed by atoms with E-state index in [0.717, 1.165) is 12.1 Å². The summed E-state index contributed by atoms with van der Waals surface area (Å²) in [6, 6.07) is 2.70. The van der Waals surface area contributed by atoms with E-state index in [2.05, 4.69) is 0 Å². The summed E-state index contributed by atoms with van der Waals surface area (Å²) >= 11 is 0. The van der Waals surface area contributed by atoms with Crippen LogP contribution >= 0.6 is 0 Å². The first-order chi connectivity index (χ1) is 5.41. The van der Waals surface area contributed by atoms with Crippen LogP contribution in [0.25, 0.3) is 0 Å². The van der Waals surface area contributed by atoms with Crippen molar-refractivity contribution >= 4 is 10.1 Å². The molecule has 0 saturated carbocycles. The van der Waals surface area contributed by atoms with Gasteiger partial charge in [-0.15, -0.1) is 0 Å².